The van der Waals surface area contributed by atoms with E-state index in [0.717, 1.165) is 78.9 Å². The maximum Gasteiger partial charge on any atom is 0.163 e. The number of hydrogen-bond acceptors (Lipinski definition) is 10. The van der Waals surface area contributed by atoms with Crippen LogP contribution < -0.4 is 0 Å². The average Bonchev–Trinajstić information content (AvgIpc) is 1.83. The van der Waals surface area contributed by atoms with Gasteiger partial charge in [0.25, 0.3) is 0 Å². The topological polar surface area (TPSA) is 173 Å². The van der Waals surface area contributed by atoms with Crippen LogP contribution >= 0.6 is 0 Å². The Balaban J connectivity index is -0.000000508. The molecule has 99 heavy (non-hydrogen) atoms. The second kappa shape index (κ2) is 43.1. The van der Waals surface area contributed by atoms with Crippen LogP contribution in [0.4, 0.5) is 0 Å². The number of aromatic nitrogens is 6. The molecule has 6 rings (SSSR count). The Morgan fingerprint density at radius 1 is 0.545 bits per heavy atom. The van der Waals surface area contributed by atoms with E-state index in [1.807, 2.05) is 211 Å². The second-order valence-electron chi connectivity index (χ2n) is 35.8. The molecule has 0 radical (unpaired) electrons. The first-order valence-electron chi connectivity index (χ1n) is 35.5. The van der Waals surface area contributed by atoms with E-state index in [4.69, 9.17) is 0 Å². The molecule has 13 heteroatoms. The van der Waals surface area contributed by atoms with Gasteiger partial charge >= 0.3 is 0 Å². The number of imidazole rings is 1. The van der Waals surface area contributed by atoms with Crippen molar-refractivity contribution >= 4 is 52.6 Å². The van der Waals surface area contributed by atoms with E-state index in [1.165, 1.54) is 6.08 Å². The van der Waals surface area contributed by atoms with Crippen molar-refractivity contribution in [2.24, 2.45) is 43.8 Å². The van der Waals surface area contributed by atoms with E-state index in [0.29, 0.717) is 29.6 Å². The first-order valence-corrected chi connectivity index (χ1v) is 35.5. The maximum absolute atomic E-state index is 11.6. The largest absolute Gasteiger partial charge is 0.326 e. The highest BCUT2D eigenvalue weighted by Crippen LogP contribution is 2.33. The highest BCUT2D eigenvalue weighted by Gasteiger charge is 2.31. The Morgan fingerprint density at radius 2 is 1.00 bits per heavy atom. The molecule has 0 spiro atoms. The summed E-state index contributed by atoms with van der Waals surface area (Å²) in [7, 11) is 0. The minimum absolute atomic E-state index is 0.0707. The van der Waals surface area contributed by atoms with Gasteiger partial charge in [-0.3, -0.25) is 42.9 Å². The van der Waals surface area contributed by atoms with E-state index >= 15 is 0 Å². The number of Topliss-reactive ketones (excluding diaryl/α,β-unsaturated/α-hetero) is 3. The summed E-state index contributed by atoms with van der Waals surface area (Å²) < 4.78 is 6.01. The molecule has 560 valence electrons. The van der Waals surface area contributed by atoms with E-state index < -0.39 is 0 Å². The molecule has 0 fully saturated rings. The number of hydrogen-bond donors (Lipinski definition) is 0. The molecule has 1 atom stereocenters. The normalized spacial score (nSPS) is 14.5. The van der Waals surface area contributed by atoms with Gasteiger partial charge in [-0.05, 0) is 200 Å². The summed E-state index contributed by atoms with van der Waals surface area (Å²) in [6, 6.07) is 3.98. The fourth-order valence-corrected chi connectivity index (χ4v) is 8.27. The molecule has 0 aromatic carbocycles. The van der Waals surface area contributed by atoms with Crippen LogP contribution in [0.5, 0.6) is 0 Å². The van der Waals surface area contributed by atoms with Crippen LogP contribution in [-0.2, 0) is 50.2 Å². The Labute approximate surface area is 605 Å². The molecule has 13 nitrogen and oxygen atoms in total. The van der Waals surface area contributed by atoms with Gasteiger partial charge in [-0.25, -0.2) is 4.98 Å². The molecule has 0 saturated carbocycles. The number of ketones is 7. The number of aryl methyl sites for hydroxylation is 1. The summed E-state index contributed by atoms with van der Waals surface area (Å²) in [5.41, 5.74) is 4.42. The van der Waals surface area contributed by atoms with Gasteiger partial charge < -0.3 is 4.57 Å². The standard InChI is InChI=1S/2C10H16O.2C9H14N2.C9H14O.C9H16O.C8H14N2.C8H14O.C7H14O.C7H12O/c1-10(2,3)8-6-4-5-7-9(8)11;1-10(2,3)9(11)8-6-4-5-7-8;1-5-8-10-6-7-11(8)9(2,3)4;1-5-8-6-7-11(10-8)9(2,3)4;1-9(2,3)8(10)7-5-4-6-7;1-7(2)6-8(10)9(3,4)5;1-7-5-6-10(9-7)8(2,3)4;1-5-6-7(9)8(2,3)4;2*1-5-6(8)7(2,3)4/h5,7-8H,4,6H2,1-3H3;6H,4-5,7H2,1-3H3;2*5-7H,1H2,2-4H3;5H,4,6H2,1-3H3;6H,1-5H3;5-6H,1-4H3;5-6H,1-4H3;5H2,1-4H3;5H,1H2,2-4H3/b;;;;;;;6-5+;;. The number of carbonyl (C=O) groups is 7. The van der Waals surface area contributed by atoms with Crippen molar-refractivity contribution in [3.63, 3.8) is 0 Å². The van der Waals surface area contributed by atoms with Crippen molar-refractivity contribution in [3.05, 3.63) is 139 Å². The van der Waals surface area contributed by atoms with E-state index in [-0.39, 0.29) is 77.8 Å². The third kappa shape index (κ3) is 44.2. The van der Waals surface area contributed by atoms with Gasteiger partial charge in [0.1, 0.15) is 11.6 Å². The van der Waals surface area contributed by atoms with Crippen LogP contribution in [0.1, 0.15) is 304 Å². The summed E-state index contributed by atoms with van der Waals surface area (Å²) in [6.07, 6.45) is 33.6. The average molecular weight is 1370 g/mol. The molecule has 0 saturated heterocycles. The number of rotatable bonds is 8. The van der Waals surface area contributed by atoms with Crippen molar-refractivity contribution in [3.8, 4) is 0 Å². The van der Waals surface area contributed by atoms with Gasteiger partial charge in [0.15, 0.2) is 34.7 Å². The molecule has 0 N–H and O–H groups in total. The monoisotopic (exact) mass is 1370 g/mol. The SMILES string of the molecule is C/C=C/C(=O)C(C)(C)C.C=CC(=O)C(C)(C)C.C=Cc1ccn(C(C)(C)C)n1.C=Cc1nccn1C(C)(C)C.CC(C)(C)C(=O)C1=CCC1.CC(C)(C)C(=O)C1=CCCC1.CC(C)(C)C1CCC=CC1=O.CC(C)=CC(=O)C(C)(C)C.CCC(=O)C(C)(C)C.Cc1ccn(C(C)(C)C)n1. The Hall–Kier alpha value is -6.76. The summed E-state index contributed by atoms with van der Waals surface area (Å²) >= 11 is 0. The predicted octanol–water partition coefficient (Wildman–Crippen LogP) is 22.7. The molecule has 3 heterocycles. The quantitative estimate of drug-likeness (QED) is 0.198. The highest BCUT2D eigenvalue weighted by molar-refractivity contribution is 6.00. The minimum Gasteiger partial charge on any atom is -0.326 e. The fourth-order valence-electron chi connectivity index (χ4n) is 8.27. The molecule has 3 aliphatic carbocycles. The van der Waals surface area contributed by atoms with Crippen LogP contribution in [0.3, 0.4) is 0 Å². The lowest BCUT2D eigenvalue weighted by molar-refractivity contribution is -0.126. The summed E-state index contributed by atoms with van der Waals surface area (Å²) in [5.74, 6) is 2.94. The first-order chi connectivity index (χ1) is 44.4. The molecular formula is C86H144N6O7. The third-order valence-corrected chi connectivity index (χ3v) is 14.9. The Kier molecular flexibility index (Phi) is 43.0. The van der Waals surface area contributed by atoms with Crippen molar-refractivity contribution in [1.82, 2.24) is 29.1 Å². The zero-order chi connectivity index (χ0) is 78.9. The molecule has 3 aromatic heterocycles. The minimum atomic E-state index is -0.248. The number of carbonyl (C=O) groups excluding carboxylic acids is 7. The van der Waals surface area contributed by atoms with Crippen molar-refractivity contribution < 1.29 is 33.6 Å². The van der Waals surface area contributed by atoms with E-state index in [2.05, 4.69) is 129 Å². The maximum atomic E-state index is 11.6. The van der Waals surface area contributed by atoms with Gasteiger partial charge in [0.05, 0.1) is 22.5 Å². The molecule has 3 aliphatic rings. The zero-order valence-electron chi connectivity index (χ0n) is 69.6. The lowest BCUT2D eigenvalue weighted by Crippen LogP contribution is -2.28. The number of nitrogens with zero attached hydrogens (tertiary/aromatic N) is 6. The van der Waals surface area contributed by atoms with Gasteiger partial charge in [-0.15, -0.1) is 0 Å². The van der Waals surface area contributed by atoms with Crippen LogP contribution in [0.15, 0.2) is 122 Å². The van der Waals surface area contributed by atoms with E-state index in [1.54, 1.807) is 42.7 Å². The third-order valence-electron chi connectivity index (χ3n) is 14.9. The smallest absolute Gasteiger partial charge is 0.163 e. The van der Waals surface area contributed by atoms with Crippen LogP contribution in [0, 0.1) is 50.7 Å². The summed E-state index contributed by atoms with van der Waals surface area (Å²) in [6.45, 7) is 80.7. The molecule has 1 unspecified atom stereocenters. The summed E-state index contributed by atoms with van der Waals surface area (Å²) in [4.78, 5) is 82.2. The number of allylic oxidation sites excluding steroid dienone is 11. The molecular weight excluding hydrogens is 1230 g/mol. The summed E-state index contributed by atoms with van der Waals surface area (Å²) in [5, 5.41) is 8.60. The van der Waals surface area contributed by atoms with Gasteiger partial charge in [0, 0.05) is 75.2 Å². The lowest BCUT2D eigenvalue weighted by atomic mass is 9.74. The fraction of sp³-hybridized carbons (Fsp3) is 0.628. The Morgan fingerprint density at radius 3 is 1.19 bits per heavy atom. The van der Waals surface area contributed by atoms with Crippen molar-refractivity contribution in [2.45, 2.75) is 310 Å². The van der Waals surface area contributed by atoms with Crippen LogP contribution in [0.2, 0.25) is 0 Å². The molecule has 0 amide bonds. The van der Waals surface area contributed by atoms with Crippen molar-refractivity contribution in [1.29, 1.82) is 0 Å². The molecule has 0 aliphatic heterocycles. The van der Waals surface area contributed by atoms with Crippen LogP contribution in [-0.4, -0.2) is 69.6 Å². The Bertz CT molecular complexity index is 3170. The van der Waals surface area contributed by atoms with Crippen molar-refractivity contribution in [2.75, 3.05) is 0 Å². The lowest BCUT2D eigenvalue weighted by Gasteiger charge is -2.29. The molecule has 3 aromatic rings. The van der Waals surface area contributed by atoms with Gasteiger partial charge in [0.2, 0.25) is 0 Å². The molecule has 0 bridgehead atoms. The predicted molar refractivity (Wildman–Crippen MR) is 424 cm³/mol. The second-order valence-corrected chi connectivity index (χ2v) is 35.8. The highest BCUT2D eigenvalue weighted by atomic mass is 16.2. The van der Waals surface area contributed by atoms with Crippen LogP contribution in [0.25, 0.3) is 12.2 Å². The zero-order valence-corrected chi connectivity index (χ0v) is 69.6. The van der Waals surface area contributed by atoms with Gasteiger partial charge in [-0.2, -0.15) is 10.2 Å². The van der Waals surface area contributed by atoms with E-state index in [9.17, 15) is 33.6 Å². The van der Waals surface area contributed by atoms with Gasteiger partial charge in [-0.1, -0.05) is 202 Å². The first kappa shape index (κ1) is 98.6.